The molecule has 148 valence electrons. The van der Waals surface area contributed by atoms with Gasteiger partial charge in [0.1, 0.15) is 17.3 Å². The molecule has 0 aliphatic heterocycles. The number of benzene rings is 2. The molecule has 28 heavy (non-hydrogen) atoms. The molecule has 0 amide bonds. The molecule has 1 heterocycles. The first-order valence-corrected chi connectivity index (χ1v) is 9.60. The van der Waals surface area contributed by atoms with E-state index in [1.807, 2.05) is 0 Å². The van der Waals surface area contributed by atoms with Crippen LogP contribution in [0.4, 0.5) is 23.2 Å². The van der Waals surface area contributed by atoms with Gasteiger partial charge in [-0.3, -0.25) is 0 Å². The molecule has 0 N–H and O–H groups in total. The van der Waals surface area contributed by atoms with Crippen molar-refractivity contribution >= 4 is 15.4 Å². The van der Waals surface area contributed by atoms with Crippen molar-refractivity contribution in [3.05, 3.63) is 54.2 Å². The van der Waals surface area contributed by atoms with Crippen LogP contribution in [-0.2, 0) is 15.9 Å². The highest BCUT2D eigenvalue weighted by molar-refractivity contribution is 7.93. The van der Waals surface area contributed by atoms with E-state index in [-0.39, 0.29) is 27.7 Å². The zero-order valence-corrected chi connectivity index (χ0v) is 15.3. The summed E-state index contributed by atoms with van der Waals surface area (Å²) < 4.78 is 78.1. The van der Waals surface area contributed by atoms with Crippen molar-refractivity contribution in [2.24, 2.45) is 4.36 Å². The summed E-state index contributed by atoms with van der Waals surface area (Å²) in [5.74, 6) is -2.35. The normalized spacial score (nSPS) is 13.8. The highest BCUT2D eigenvalue weighted by Crippen LogP contribution is 2.35. The van der Waals surface area contributed by atoms with Gasteiger partial charge < -0.3 is 9.26 Å². The van der Waals surface area contributed by atoms with Crippen molar-refractivity contribution < 1.29 is 31.0 Å². The fraction of sp³-hybridized carbons (Fsp3) is 0.176. The molecule has 0 aliphatic rings. The van der Waals surface area contributed by atoms with E-state index >= 15 is 0 Å². The molecule has 6 nitrogen and oxygen atoms in total. The summed E-state index contributed by atoms with van der Waals surface area (Å²) in [7, 11) is -1.85. The van der Waals surface area contributed by atoms with Crippen LogP contribution in [0.15, 0.2) is 56.2 Å². The Morgan fingerprint density at radius 1 is 1.18 bits per heavy atom. The van der Waals surface area contributed by atoms with Crippen LogP contribution in [0, 0.1) is 5.82 Å². The first-order chi connectivity index (χ1) is 13.1. The maximum Gasteiger partial charge on any atom is 0.471 e. The average molecular weight is 415 g/mol. The number of halogens is 4. The highest BCUT2D eigenvalue weighted by atomic mass is 32.2. The topological polar surface area (TPSA) is 77.6 Å². The molecule has 0 spiro atoms. The van der Waals surface area contributed by atoms with E-state index in [2.05, 4.69) is 19.0 Å². The summed E-state index contributed by atoms with van der Waals surface area (Å²) in [4.78, 5) is 3.22. The number of alkyl halides is 3. The molecule has 2 aromatic carbocycles. The Bertz CT molecular complexity index is 1130. The zero-order valence-electron chi connectivity index (χ0n) is 14.5. The second-order valence-corrected chi connectivity index (χ2v) is 7.86. The van der Waals surface area contributed by atoms with E-state index in [9.17, 15) is 21.8 Å². The molecule has 0 aliphatic carbocycles. The van der Waals surface area contributed by atoms with Crippen molar-refractivity contribution in [3.63, 3.8) is 0 Å². The second-order valence-electron chi connectivity index (χ2n) is 5.63. The van der Waals surface area contributed by atoms with Crippen molar-refractivity contribution in [1.29, 1.82) is 0 Å². The van der Waals surface area contributed by atoms with E-state index in [0.717, 1.165) is 0 Å². The predicted octanol–water partition coefficient (Wildman–Crippen LogP) is 4.69. The Balaban J connectivity index is 2.04. The number of methoxy groups -OCH3 is 1. The van der Waals surface area contributed by atoms with Crippen LogP contribution in [0.2, 0.25) is 0 Å². The van der Waals surface area contributed by atoms with Crippen LogP contribution in [-0.4, -0.2) is 27.7 Å². The van der Waals surface area contributed by atoms with Gasteiger partial charge in [-0.15, -0.1) is 0 Å². The lowest BCUT2D eigenvalue weighted by atomic mass is 10.2. The van der Waals surface area contributed by atoms with Gasteiger partial charge in [-0.05, 0) is 30.3 Å². The lowest BCUT2D eigenvalue weighted by Crippen LogP contribution is -2.04. The molecular formula is C17H13F4N3O3S. The van der Waals surface area contributed by atoms with Gasteiger partial charge in [-0.1, -0.05) is 17.3 Å². The summed E-state index contributed by atoms with van der Waals surface area (Å²) in [6.07, 6.45) is -3.49. The molecule has 0 radical (unpaired) electrons. The Labute approximate surface area is 157 Å². The fourth-order valence-corrected chi connectivity index (χ4v) is 3.72. The van der Waals surface area contributed by atoms with E-state index < -0.39 is 27.6 Å². The van der Waals surface area contributed by atoms with E-state index in [0.29, 0.717) is 0 Å². The molecule has 0 saturated carbocycles. The molecule has 1 atom stereocenters. The maximum absolute atomic E-state index is 14.0. The number of hydrogen-bond donors (Lipinski definition) is 0. The zero-order chi connectivity index (χ0) is 20.5. The van der Waals surface area contributed by atoms with Crippen molar-refractivity contribution in [2.45, 2.75) is 11.1 Å². The summed E-state index contributed by atoms with van der Waals surface area (Å²) in [6.45, 7) is 0. The predicted molar refractivity (Wildman–Crippen MR) is 92.1 cm³/mol. The van der Waals surface area contributed by atoms with Crippen LogP contribution in [0.5, 0.6) is 5.75 Å². The van der Waals surface area contributed by atoms with Crippen molar-refractivity contribution in [1.82, 2.24) is 10.1 Å². The summed E-state index contributed by atoms with van der Waals surface area (Å²) in [6, 6.07) is 9.57. The first kappa shape index (κ1) is 19.8. The van der Waals surface area contributed by atoms with Crippen LogP contribution < -0.4 is 4.74 Å². The Morgan fingerprint density at radius 2 is 1.89 bits per heavy atom. The van der Waals surface area contributed by atoms with E-state index in [1.54, 1.807) is 0 Å². The van der Waals surface area contributed by atoms with Gasteiger partial charge in [0.05, 0.1) is 21.7 Å². The molecule has 1 unspecified atom stereocenters. The molecule has 1 aromatic heterocycles. The summed E-state index contributed by atoms with van der Waals surface area (Å²) in [5.41, 5.74) is 0.296. The molecule has 0 saturated heterocycles. The second kappa shape index (κ2) is 7.23. The molecular weight excluding hydrogens is 402 g/mol. The third-order valence-electron chi connectivity index (χ3n) is 3.62. The van der Waals surface area contributed by atoms with Gasteiger partial charge in [0.2, 0.25) is 5.82 Å². The van der Waals surface area contributed by atoms with Gasteiger partial charge in [0, 0.05) is 11.8 Å². The number of ether oxygens (including phenoxy) is 1. The minimum absolute atomic E-state index is 0.0749. The molecule has 11 heteroatoms. The van der Waals surface area contributed by atoms with Gasteiger partial charge in [-0.25, -0.2) is 8.60 Å². The Kier molecular flexibility index (Phi) is 5.11. The average Bonchev–Trinajstić information content (AvgIpc) is 3.12. The first-order valence-electron chi connectivity index (χ1n) is 7.68. The minimum atomic E-state index is -4.77. The quantitative estimate of drug-likeness (QED) is 0.578. The Hall–Kier alpha value is -2.95. The van der Waals surface area contributed by atoms with Gasteiger partial charge >= 0.3 is 12.1 Å². The minimum Gasteiger partial charge on any atom is -0.494 e. The fourth-order valence-electron chi connectivity index (χ4n) is 2.34. The van der Waals surface area contributed by atoms with Crippen molar-refractivity contribution in [2.75, 3.05) is 13.4 Å². The van der Waals surface area contributed by atoms with Crippen LogP contribution in [0.1, 0.15) is 5.89 Å². The third kappa shape index (κ3) is 3.98. The van der Waals surface area contributed by atoms with E-state index in [4.69, 9.17) is 4.74 Å². The summed E-state index contributed by atoms with van der Waals surface area (Å²) in [5, 5.41) is 3.29. The lowest BCUT2D eigenvalue weighted by Gasteiger charge is -2.09. The monoisotopic (exact) mass is 415 g/mol. The van der Waals surface area contributed by atoms with Gasteiger partial charge in [0.15, 0.2) is 0 Å². The molecule has 3 aromatic rings. The smallest absolute Gasteiger partial charge is 0.471 e. The Morgan fingerprint density at radius 3 is 2.50 bits per heavy atom. The van der Waals surface area contributed by atoms with Gasteiger partial charge in [-0.2, -0.15) is 22.5 Å². The summed E-state index contributed by atoms with van der Waals surface area (Å²) >= 11 is 0. The van der Waals surface area contributed by atoms with Crippen LogP contribution in [0.25, 0.3) is 11.4 Å². The standard InChI is InChI=1S/C17H13F4N3O3S/c1-26-13-9-10(15-22-16(27-23-15)17(19,20)21)7-8-12(13)24-28(2,25)14-6-4-3-5-11(14)18/h3-9H,1-2H3. The highest BCUT2D eigenvalue weighted by Gasteiger charge is 2.38. The van der Waals surface area contributed by atoms with Crippen molar-refractivity contribution in [3.8, 4) is 17.1 Å². The largest absolute Gasteiger partial charge is 0.494 e. The van der Waals surface area contributed by atoms with Gasteiger partial charge in [0.25, 0.3) is 0 Å². The number of hydrogen-bond acceptors (Lipinski definition) is 6. The molecule has 0 fully saturated rings. The number of rotatable bonds is 4. The number of aromatic nitrogens is 2. The SMILES string of the molecule is COc1cc(-c2noc(C(F)(F)F)n2)ccc1N=S(C)(=O)c1ccccc1F. The van der Waals surface area contributed by atoms with Crippen LogP contribution >= 0.6 is 0 Å². The number of nitrogens with zero attached hydrogens (tertiary/aromatic N) is 3. The van der Waals surface area contributed by atoms with Crippen LogP contribution in [0.3, 0.4) is 0 Å². The van der Waals surface area contributed by atoms with E-state index in [1.165, 1.54) is 55.8 Å². The molecule has 0 bridgehead atoms. The lowest BCUT2D eigenvalue weighted by molar-refractivity contribution is -0.159. The maximum atomic E-state index is 14.0. The molecule has 3 rings (SSSR count). The third-order valence-corrected chi connectivity index (χ3v) is 5.32.